The molecular weight excluding hydrogens is 207 g/mol. The van der Waals surface area contributed by atoms with Gasteiger partial charge in [0.25, 0.3) is 0 Å². The van der Waals surface area contributed by atoms with Crippen LogP contribution in [0.25, 0.3) is 0 Å². The monoisotopic (exact) mass is 219 g/mol. The van der Waals surface area contributed by atoms with Gasteiger partial charge < -0.3 is 4.74 Å². The van der Waals surface area contributed by atoms with Gasteiger partial charge in [-0.1, -0.05) is 19.9 Å². The first-order chi connectivity index (χ1) is 6.90. The Kier molecular flexibility index (Phi) is 3.55. The summed E-state index contributed by atoms with van der Waals surface area (Å²) in [6.45, 7) is 2.44. The lowest BCUT2D eigenvalue weighted by atomic mass is 10.1. The van der Waals surface area contributed by atoms with Crippen LogP contribution < -0.4 is 4.74 Å². The fourth-order valence-electron chi connectivity index (χ4n) is 1.11. The van der Waals surface area contributed by atoms with Crippen molar-refractivity contribution in [2.24, 2.45) is 0 Å². The summed E-state index contributed by atoms with van der Waals surface area (Å²) in [5.41, 5.74) is 0.682. The average molecular weight is 219 g/mol. The Labute approximate surface area is 86.1 Å². The predicted octanol–water partition coefficient (Wildman–Crippen LogP) is 3.15. The summed E-state index contributed by atoms with van der Waals surface area (Å²) in [7, 11) is 0. The highest BCUT2D eigenvalue weighted by atomic mass is 19.4. The van der Waals surface area contributed by atoms with Crippen LogP contribution in [0.5, 0.6) is 5.88 Å². The molecule has 15 heavy (non-hydrogen) atoms. The van der Waals surface area contributed by atoms with Crippen molar-refractivity contribution in [1.82, 2.24) is 4.98 Å². The number of hydrogen-bond acceptors (Lipinski definition) is 2. The van der Waals surface area contributed by atoms with Gasteiger partial charge in [-0.2, -0.15) is 13.2 Å². The first-order valence-electron chi connectivity index (χ1n) is 4.54. The van der Waals surface area contributed by atoms with Crippen molar-refractivity contribution in [2.75, 3.05) is 6.61 Å². The molecule has 0 atom stereocenters. The fraction of sp³-hybridized carbons (Fsp3) is 0.500. The predicted molar refractivity (Wildman–Crippen MR) is 49.9 cm³/mol. The zero-order valence-corrected chi connectivity index (χ0v) is 8.51. The Morgan fingerprint density at radius 1 is 1.40 bits per heavy atom. The standard InChI is InChI=1S/C10H12F3NO/c1-7(2)8-4-3-5-14-9(8)15-6-10(11,12)13/h3-5,7H,6H2,1-2H3. The fourth-order valence-corrected chi connectivity index (χ4v) is 1.11. The van der Waals surface area contributed by atoms with Gasteiger partial charge in [0.05, 0.1) is 0 Å². The molecule has 5 heteroatoms. The molecule has 0 aromatic carbocycles. The van der Waals surface area contributed by atoms with Crippen molar-refractivity contribution < 1.29 is 17.9 Å². The third-order valence-corrected chi connectivity index (χ3v) is 1.80. The zero-order valence-electron chi connectivity index (χ0n) is 8.51. The molecule has 0 saturated carbocycles. The maximum atomic E-state index is 11.9. The minimum Gasteiger partial charge on any atom is -0.468 e. The number of rotatable bonds is 3. The summed E-state index contributed by atoms with van der Waals surface area (Å²) < 4.78 is 40.4. The number of alkyl halides is 3. The van der Waals surface area contributed by atoms with Gasteiger partial charge in [-0.15, -0.1) is 0 Å². The largest absolute Gasteiger partial charge is 0.468 e. The van der Waals surface area contributed by atoms with Crippen molar-refractivity contribution in [3.63, 3.8) is 0 Å². The Morgan fingerprint density at radius 3 is 2.60 bits per heavy atom. The van der Waals surface area contributed by atoms with Gasteiger partial charge in [-0.25, -0.2) is 4.98 Å². The molecule has 1 heterocycles. The molecule has 1 aromatic heterocycles. The summed E-state index contributed by atoms with van der Waals surface area (Å²) >= 11 is 0. The van der Waals surface area contributed by atoms with Crippen LogP contribution in [0.3, 0.4) is 0 Å². The minimum absolute atomic E-state index is 0.0600. The van der Waals surface area contributed by atoms with E-state index in [0.717, 1.165) is 0 Å². The van der Waals surface area contributed by atoms with Crippen LogP contribution >= 0.6 is 0 Å². The quantitative estimate of drug-likeness (QED) is 0.779. The Hall–Kier alpha value is -1.26. The summed E-state index contributed by atoms with van der Waals surface area (Å²) in [6, 6.07) is 3.39. The summed E-state index contributed by atoms with van der Waals surface area (Å²) in [4.78, 5) is 3.78. The average Bonchev–Trinajstić information content (AvgIpc) is 2.14. The second-order valence-corrected chi connectivity index (χ2v) is 3.46. The van der Waals surface area contributed by atoms with E-state index in [2.05, 4.69) is 9.72 Å². The van der Waals surface area contributed by atoms with Gasteiger partial charge in [0.15, 0.2) is 6.61 Å². The van der Waals surface area contributed by atoms with E-state index >= 15 is 0 Å². The normalized spacial score (nSPS) is 11.9. The van der Waals surface area contributed by atoms with Crippen molar-refractivity contribution in [1.29, 1.82) is 0 Å². The van der Waals surface area contributed by atoms with E-state index in [4.69, 9.17) is 0 Å². The summed E-state index contributed by atoms with van der Waals surface area (Å²) in [5, 5.41) is 0. The molecule has 0 aliphatic heterocycles. The summed E-state index contributed by atoms with van der Waals surface area (Å²) in [6.07, 6.45) is -2.91. The first kappa shape index (κ1) is 11.8. The van der Waals surface area contributed by atoms with Crippen molar-refractivity contribution in [2.45, 2.75) is 25.9 Å². The van der Waals surface area contributed by atoms with Crippen molar-refractivity contribution in [3.8, 4) is 5.88 Å². The van der Waals surface area contributed by atoms with Gasteiger partial charge in [0.1, 0.15) is 0 Å². The molecular formula is C10H12F3NO. The molecule has 0 aliphatic carbocycles. The highest BCUT2D eigenvalue weighted by Crippen LogP contribution is 2.25. The van der Waals surface area contributed by atoms with E-state index in [0.29, 0.717) is 5.56 Å². The van der Waals surface area contributed by atoms with Crippen molar-refractivity contribution >= 4 is 0 Å². The highest BCUT2D eigenvalue weighted by Gasteiger charge is 2.29. The molecule has 1 rings (SSSR count). The Morgan fingerprint density at radius 2 is 2.07 bits per heavy atom. The third-order valence-electron chi connectivity index (χ3n) is 1.80. The maximum Gasteiger partial charge on any atom is 0.422 e. The molecule has 0 fully saturated rings. The zero-order chi connectivity index (χ0) is 11.5. The first-order valence-corrected chi connectivity index (χ1v) is 4.54. The minimum atomic E-state index is -4.33. The maximum absolute atomic E-state index is 11.9. The molecule has 0 unspecified atom stereocenters. The molecule has 0 radical (unpaired) electrons. The molecule has 1 aromatic rings. The second-order valence-electron chi connectivity index (χ2n) is 3.46. The van der Waals surface area contributed by atoms with Gasteiger partial charge in [0, 0.05) is 11.8 Å². The van der Waals surface area contributed by atoms with Gasteiger partial charge in [0.2, 0.25) is 5.88 Å². The molecule has 2 nitrogen and oxygen atoms in total. The lowest BCUT2D eigenvalue weighted by Gasteiger charge is -2.13. The number of halogens is 3. The number of hydrogen-bond donors (Lipinski definition) is 0. The van der Waals surface area contributed by atoms with Crippen LogP contribution in [0.4, 0.5) is 13.2 Å². The summed E-state index contributed by atoms with van der Waals surface area (Å²) in [5.74, 6) is 0.145. The number of pyridine rings is 1. The molecule has 84 valence electrons. The Bertz CT molecular complexity index is 323. The van der Waals surface area contributed by atoms with E-state index in [1.807, 2.05) is 13.8 Å². The van der Waals surface area contributed by atoms with Gasteiger partial charge in [-0.05, 0) is 12.0 Å². The molecule has 0 amide bonds. The lowest BCUT2D eigenvalue weighted by molar-refractivity contribution is -0.154. The van der Waals surface area contributed by atoms with Crippen LogP contribution in [-0.4, -0.2) is 17.8 Å². The molecule has 0 N–H and O–H groups in total. The topological polar surface area (TPSA) is 22.1 Å². The van der Waals surface area contributed by atoms with E-state index < -0.39 is 12.8 Å². The molecule has 0 bridgehead atoms. The third kappa shape index (κ3) is 3.77. The van der Waals surface area contributed by atoms with E-state index in [-0.39, 0.29) is 11.8 Å². The Balaban J connectivity index is 2.76. The van der Waals surface area contributed by atoms with E-state index in [1.165, 1.54) is 6.20 Å². The van der Waals surface area contributed by atoms with Crippen LogP contribution in [0.2, 0.25) is 0 Å². The smallest absolute Gasteiger partial charge is 0.422 e. The van der Waals surface area contributed by atoms with Gasteiger partial charge >= 0.3 is 6.18 Å². The van der Waals surface area contributed by atoms with Crippen LogP contribution in [0.1, 0.15) is 25.3 Å². The highest BCUT2D eigenvalue weighted by molar-refractivity contribution is 5.28. The second kappa shape index (κ2) is 4.51. The molecule has 0 aliphatic rings. The van der Waals surface area contributed by atoms with Crippen LogP contribution in [0, 0.1) is 0 Å². The lowest BCUT2D eigenvalue weighted by Crippen LogP contribution is -2.20. The molecule has 0 spiro atoms. The number of aromatic nitrogens is 1. The molecule has 0 saturated heterocycles. The SMILES string of the molecule is CC(C)c1cccnc1OCC(F)(F)F. The number of ether oxygens (including phenoxy) is 1. The number of nitrogens with zero attached hydrogens (tertiary/aromatic N) is 1. The van der Waals surface area contributed by atoms with E-state index in [9.17, 15) is 13.2 Å². The van der Waals surface area contributed by atoms with Crippen LogP contribution in [0.15, 0.2) is 18.3 Å². The van der Waals surface area contributed by atoms with Crippen molar-refractivity contribution in [3.05, 3.63) is 23.9 Å². The van der Waals surface area contributed by atoms with Crippen LogP contribution in [-0.2, 0) is 0 Å². The van der Waals surface area contributed by atoms with E-state index in [1.54, 1.807) is 12.1 Å². The van der Waals surface area contributed by atoms with Gasteiger partial charge in [-0.3, -0.25) is 0 Å².